The number of rotatable bonds is 6. The van der Waals surface area contributed by atoms with Gasteiger partial charge in [-0.05, 0) is 49.3 Å². The van der Waals surface area contributed by atoms with E-state index in [1.165, 1.54) is 0 Å². The van der Waals surface area contributed by atoms with Crippen molar-refractivity contribution in [2.45, 2.75) is 25.3 Å². The van der Waals surface area contributed by atoms with Crippen molar-refractivity contribution in [3.63, 3.8) is 0 Å². The summed E-state index contributed by atoms with van der Waals surface area (Å²) in [5.74, 6) is 0.746. The molecule has 0 saturated heterocycles. The van der Waals surface area contributed by atoms with Crippen LogP contribution in [0.4, 0.5) is 0 Å². The third-order valence-corrected chi connectivity index (χ3v) is 5.96. The van der Waals surface area contributed by atoms with E-state index >= 15 is 0 Å². The molecule has 0 aliphatic heterocycles. The van der Waals surface area contributed by atoms with Crippen LogP contribution in [0.1, 0.15) is 35.1 Å². The van der Waals surface area contributed by atoms with Gasteiger partial charge in [0.05, 0.1) is 16.8 Å². The van der Waals surface area contributed by atoms with Gasteiger partial charge in [-0.2, -0.15) is 5.10 Å². The fourth-order valence-electron chi connectivity index (χ4n) is 3.74. The minimum atomic E-state index is -0.138. The lowest BCUT2D eigenvalue weighted by Crippen LogP contribution is -2.27. The molecule has 1 fully saturated rings. The Morgan fingerprint density at radius 2 is 1.97 bits per heavy atom. The molecule has 8 heteroatoms. The number of benzene rings is 2. The molecule has 0 unspecified atom stereocenters. The van der Waals surface area contributed by atoms with E-state index in [1.807, 2.05) is 54.6 Å². The van der Waals surface area contributed by atoms with Gasteiger partial charge in [0.1, 0.15) is 5.82 Å². The minimum absolute atomic E-state index is 0.138. The van der Waals surface area contributed by atoms with E-state index in [4.69, 9.17) is 28.8 Å². The van der Waals surface area contributed by atoms with Crippen LogP contribution in [0.3, 0.4) is 0 Å². The standard InChI is InChI=1S/C23H20ClN5OS/c24-15-7-5-14(6-8-15)20-13-18(17-3-1-2-4-19(17)26-20)22(30)25-12-11-21-27-28-23(31)29(21)16-9-10-16/h1-8,13,16H,9-12H2,(H,25,30)(H,28,31). The molecule has 1 aliphatic rings. The Kier molecular flexibility index (Phi) is 5.29. The van der Waals surface area contributed by atoms with Gasteiger partial charge in [0.25, 0.3) is 5.91 Å². The van der Waals surface area contributed by atoms with Crippen molar-refractivity contribution < 1.29 is 4.79 Å². The number of para-hydroxylation sites is 1. The first-order valence-corrected chi connectivity index (χ1v) is 11.0. The SMILES string of the molecule is O=C(NCCc1n[nH]c(=S)n1C1CC1)c1cc(-c2ccc(Cl)cc2)nc2ccccc12. The molecule has 2 aromatic carbocycles. The molecular weight excluding hydrogens is 430 g/mol. The zero-order valence-corrected chi connectivity index (χ0v) is 18.2. The van der Waals surface area contributed by atoms with Gasteiger partial charge in [-0.3, -0.25) is 9.89 Å². The highest BCUT2D eigenvalue weighted by atomic mass is 35.5. The number of fused-ring (bicyclic) bond motifs is 1. The van der Waals surface area contributed by atoms with E-state index in [1.54, 1.807) is 0 Å². The van der Waals surface area contributed by atoms with E-state index in [9.17, 15) is 4.79 Å². The maximum atomic E-state index is 13.1. The van der Waals surface area contributed by atoms with Gasteiger partial charge in [-0.25, -0.2) is 4.98 Å². The predicted molar refractivity (Wildman–Crippen MR) is 124 cm³/mol. The third-order valence-electron chi connectivity index (χ3n) is 5.42. The van der Waals surface area contributed by atoms with Crippen LogP contribution in [0.15, 0.2) is 54.6 Å². The number of pyridine rings is 1. The zero-order valence-electron chi connectivity index (χ0n) is 16.6. The number of amides is 1. The van der Waals surface area contributed by atoms with Crippen molar-refractivity contribution in [3.05, 3.63) is 75.8 Å². The van der Waals surface area contributed by atoms with Crippen LogP contribution >= 0.6 is 23.8 Å². The number of carbonyl (C=O) groups excluding carboxylic acids is 1. The highest BCUT2D eigenvalue weighted by Gasteiger charge is 2.27. The molecular formula is C23H20ClN5OS. The minimum Gasteiger partial charge on any atom is -0.352 e. The Labute approximate surface area is 189 Å². The molecule has 0 radical (unpaired) electrons. The summed E-state index contributed by atoms with van der Waals surface area (Å²) >= 11 is 11.4. The first kappa shape index (κ1) is 19.9. The van der Waals surface area contributed by atoms with Crippen molar-refractivity contribution >= 4 is 40.6 Å². The van der Waals surface area contributed by atoms with Crippen molar-refractivity contribution in [2.75, 3.05) is 6.54 Å². The molecule has 2 aromatic heterocycles. The first-order chi connectivity index (χ1) is 15.1. The summed E-state index contributed by atoms with van der Waals surface area (Å²) in [5, 5.41) is 11.7. The third kappa shape index (κ3) is 4.11. The molecule has 31 heavy (non-hydrogen) atoms. The summed E-state index contributed by atoms with van der Waals surface area (Å²) in [6, 6.07) is 17.4. The summed E-state index contributed by atoms with van der Waals surface area (Å²) in [5.41, 5.74) is 3.01. The van der Waals surface area contributed by atoms with Gasteiger partial charge in [0.2, 0.25) is 0 Å². The highest BCUT2D eigenvalue weighted by Crippen LogP contribution is 2.35. The molecule has 5 rings (SSSR count). The maximum Gasteiger partial charge on any atom is 0.252 e. The predicted octanol–water partition coefficient (Wildman–Crippen LogP) is 5.12. The van der Waals surface area contributed by atoms with E-state index < -0.39 is 0 Å². The average Bonchev–Trinajstić information content (AvgIpc) is 3.55. The number of aromatic amines is 1. The van der Waals surface area contributed by atoms with Gasteiger partial charge >= 0.3 is 0 Å². The van der Waals surface area contributed by atoms with Crippen LogP contribution in [0.2, 0.25) is 5.02 Å². The van der Waals surface area contributed by atoms with Crippen molar-refractivity contribution in [3.8, 4) is 11.3 Å². The van der Waals surface area contributed by atoms with Crippen molar-refractivity contribution in [2.24, 2.45) is 0 Å². The number of nitrogens with zero attached hydrogens (tertiary/aromatic N) is 3. The van der Waals surface area contributed by atoms with Crippen LogP contribution in [0.25, 0.3) is 22.2 Å². The molecule has 0 spiro atoms. The van der Waals surface area contributed by atoms with Crippen LogP contribution in [0.5, 0.6) is 0 Å². The number of hydrogen-bond donors (Lipinski definition) is 2. The Hall–Kier alpha value is -3.03. The second-order valence-electron chi connectivity index (χ2n) is 7.63. The van der Waals surface area contributed by atoms with E-state index in [-0.39, 0.29) is 5.91 Å². The number of nitrogens with one attached hydrogen (secondary N) is 2. The second-order valence-corrected chi connectivity index (χ2v) is 8.45. The van der Waals surface area contributed by atoms with E-state index in [0.29, 0.717) is 34.4 Å². The monoisotopic (exact) mass is 449 g/mol. The van der Waals surface area contributed by atoms with E-state index in [2.05, 4.69) is 20.1 Å². The normalized spacial score (nSPS) is 13.5. The summed E-state index contributed by atoms with van der Waals surface area (Å²) in [6.07, 6.45) is 2.87. The highest BCUT2D eigenvalue weighted by molar-refractivity contribution is 7.71. The molecule has 156 valence electrons. The maximum absolute atomic E-state index is 13.1. The fraction of sp³-hybridized carbons (Fsp3) is 0.217. The number of aromatic nitrogens is 4. The molecule has 1 amide bonds. The fourth-order valence-corrected chi connectivity index (χ4v) is 4.16. The zero-order chi connectivity index (χ0) is 21.4. The average molecular weight is 450 g/mol. The first-order valence-electron chi connectivity index (χ1n) is 10.2. The van der Waals surface area contributed by atoms with Crippen molar-refractivity contribution in [1.82, 2.24) is 25.1 Å². The van der Waals surface area contributed by atoms with Gasteiger partial charge in [0.15, 0.2) is 4.77 Å². The largest absolute Gasteiger partial charge is 0.352 e. The lowest BCUT2D eigenvalue weighted by Gasteiger charge is -2.11. The van der Waals surface area contributed by atoms with Gasteiger partial charge in [-0.15, -0.1) is 0 Å². The lowest BCUT2D eigenvalue weighted by atomic mass is 10.0. The van der Waals surface area contributed by atoms with Gasteiger partial charge in [-0.1, -0.05) is 41.9 Å². The molecule has 6 nitrogen and oxygen atoms in total. The lowest BCUT2D eigenvalue weighted by molar-refractivity contribution is 0.0955. The quantitative estimate of drug-likeness (QED) is 0.401. The van der Waals surface area contributed by atoms with Crippen LogP contribution in [0, 0.1) is 4.77 Å². The second kappa shape index (κ2) is 8.24. The molecule has 0 atom stereocenters. The number of H-pyrrole nitrogens is 1. The molecule has 2 N–H and O–H groups in total. The van der Waals surface area contributed by atoms with Crippen LogP contribution < -0.4 is 5.32 Å². The molecule has 1 saturated carbocycles. The summed E-state index contributed by atoms with van der Waals surface area (Å²) < 4.78 is 2.72. The molecule has 1 aliphatic carbocycles. The molecule has 2 heterocycles. The Morgan fingerprint density at radius 3 is 2.74 bits per heavy atom. The van der Waals surface area contributed by atoms with Gasteiger partial charge < -0.3 is 9.88 Å². The van der Waals surface area contributed by atoms with Crippen molar-refractivity contribution in [1.29, 1.82) is 0 Å². The number of halogens is 1. The number of carbonyl (C=O) groups is 1. The molecule has 4 aromatic rings. The summed E-state index contributed by atoms with van der Waals surface area (Å²) in [6.45, 7) is 0.470. The van der Waals surface area contributed by atoms with E-state index in [0.717, 1.165) is 40.8 Å². The van der Waals surface area contributed by atoms with Gasteiger partial charge in [0, 0.05) is 35.0 Å². The Bertz CT molecular complexity index is 1320. The summed E-state index contributed by atoms with van der Waals surface area (Å²) in [7, 11) is 0. The Morgan fingerprint density at radius 1 is 1.19 bits per heavy atom. The smallest absolute Gasteiger partial charge is 0.252 e. The molecule has 0 bridgehead atoms. The Balaban J connectivity index is 1.40. The summed E-state index contributed by atoms with van der Waals surface area (Å²) in [4.78, 5) is 17.8. The topological polar surface area (TPSA) is 75.6 Å². The number of hydrogen-bond acceptors (Lipinski definition) is 4. The van der Waals surface area contributed by atoms with Crippen LogP contribution in [-0.4, -0.2) is 32.2 Å². The van der Waals surface area contributed by atoms with Crippen LogP contribution in [-0.2, 0) is 6.42 Å².